The number of nitrogens with zero attached hydrogens (tertiary/aromatic N) is 2. The van der Waals surface area contributed by atoms with E-state index >= 15 is 0 Å². The van der Waals surface area contributed by atoms with E-state index in [2.05, 4.69) is 37.0 Å². The summed E-state index contributed by atoms with van der Waals surface area (Å²) in [5, 5.41) is 0.979. The molecule has 0 saturated heterocycles. The molecule has 3 nitrogen and oxygen atoms in total. The van der Waals surface area contributed by atoms with Gasteiger partial charge in [0.1, 0.15) is 5.01 Å². The van der Waals surface area contributed by atoms with Gasteiger partial charge in [-0.2, -0.15) is 0 Å². The number of amides is 1. The summed E-state index contributed by atoms with van der Waals surface area (Å²) in [5.74, 6) is 0.116. The summed E-state index contributed by atoms with van der Waals surface area (Å²) in [6.07, 6.45) is 0.423. The molecule has 0 spiro atoms. The first-order valence-electron chi connectivity index (χ1n) is 8.13. The van der Waals surface area contributed by atoms with Gasteiger partial charge >= 0.3 is 0 Å². The number of rotatable bonds is 4. The van der Waals surface area contributed by atoms with Crippen LogP contribution in [0.15, 0.2) is 42.5 Å². The zero-order valence-electron chi connectivity index (χ0n) is 14.5. The lowest BCUT2D eigenvalue weighted by molar-refractivity contribution is -0.131. The molecular formula is C20H22N2OS. The Morgan fingerprint density at radius 1 is 1.17 bits per heavy atom. The highest BCUT2D eigenvalue weighted by Gasteiger charge is 2.20. The zero-order chi connectivity index (χ0) is 17.3. The minimum Gasteiger partial charge on any atom is -0.336 e. The van der Waals surface area contributed by atoms with Crippen LogP contribution in [0.4, 0.5) is 0 Å². The van der Waals surface area contributed by atoms with E-state index in [4.69, 9.17) is 0 Å². The second kappa shape index (κ2) is 6.73. The first kappa shape index (κ1) is 16.7. The maximum absolute atomic E-state index is 12.6. The highest BCUT2D eigenvalue weighted by molar-refractivity contribution is 7.18. The average Bonchev–Trinajstić information content (AvgIpc) is 3.01. The van der Waals surface area contributed by atoms with Crippen molar-refractivity contribution in [2.45, 2.75) is 33.2 Å². The predicted octanol–water partition coefficient (Wildman–Crippen LogP) is 4.68. The molecule has 24 heavy (non-hydrogen) atoms. The van der Waals surface area contributed by atoms with E-state index in [1.54, 1.807) is 16.2 Å². The maximum Gasteiger partial charge on any atom is 0.227 e. The molecule has 1 heterocycles. The quantitative estimate of drug-likeness (QED) is 0.692. The summed E-state index contributed by atoms with van der Waals surface area (Å²) in [7, 11) is 1.86. The SMILES string of the molecule is Cc1ccc(CC(=O)N(C)[C@@H](C)c2nc3ccccc3s2)cc1C. The summed E-state index contributed by atoms with van der Waals surface area (Å²) in [6, 6.07) is 14.3. The van der Waals surface area contributed by atoms with E-state index < -0.39 is 0 Å². The van der Waals surface area contributed by atoms with Gasteiger partial charge < -0.3 is 4.90 Å². The number of carbonyl (C=O) groups is 1. The van der Waals surface area contributed by atoms with E-state index in [9.17, 15) is 4.79 Å². The van der Waals surface area contributed by atoms with Gasteiger partial charge in [-0.25, -0.2) is 4.98 Å². The maximum atomic E-state index is 12.6. The Labute approximate surface area is 147 Å². The van der Waals surface area contributed by atoms with Crippen LogP contribution >= 0.6 is 11.3 Å². The summed E-state index contributed by atoms with van der Waals surface area (Å²) in [6.45, 7) is 6.20. The van der Waals surface area contributed by atoms with Crippen molar-refractivity contribution in [2.24, 2.45) is 0 Å². The van der Waals surface area contributed by atoms with Crippen LogP contribution in [0.25, 0.3) is 10.2 Å². The van der Waals surface area contributed by atoms with Crippen molar-refractivity contribution in [3.8, 4) is 0 Å². The lowest BCUT2D eigenvalue weighted by Crippen LogP contribution is -2.30. The van der Waals surface area contributed by atoms with Crippen LogP contribution in [0.3, 0.4) is 0 Å². The van der Waals surface area contributed by atoms with Gasteiger partial charge in [-0.05, 0) is 49.6 Å². The van der Waals surface area contributed by atoms with Gasteiger partial charge in [0.05, 0.1) is 22.7 Å². The van der Waals surface area contributed by atoms with E-state index in [-0.39, 0.29) is 11.9 Å². The zero-order valence-corrected chi connectivity index (χ0v) is 15.4. The minimum atomic E-state index is -0.0264. The molecule has 1 amide bonds. The third kappa shape index (κ3) is 3.34. The van der Waals surface area contributed by atoms with Crippen LogP contribution in [0, 0.1) is 13.8 Å². The monoisotopic (exact) mass is 338 g/mol. The number of likely N-dealkylation sites (N-methyl/N-ethyl adjacent to an activating group) is 1. The van der Waals surface area contributed by atoms with Crippen LogP contribution in [0.5, 0.6) is 0 Å². The molecule has 0 N–H and O–H groups in total. The molecule has 0 unspecified atom stereocenters. The number of fused-ring (bicyclic) bond motifs is 1. The first-order valence-corrected chi connectivity index (χ1v) is 8.94. The van der Waals surface area contributed by atoms with Gasteiger partial charge in [-0.1, -0.05) is 30.3 Å². The van der Waals surface area contributed by atoms with Crippen molar-refractivity contribution >= 4 is 27.5 Å². The van der Waals surface area contributed by atoms with Crippen molar-refractivity contribution in [1.82, 2.24) is 9.88 Å². The van der Waals surface area contributed by atoms with Crippen molar-refractivity contribution in [1.29, 1.82) is 0 Å². The fourth-order valence-corrected chi connectivity index (χ4v) is 3.73. The van der Waals surface area contributed by atoms with Crippen LogP contribution in [0.1, 0.15) is 34.7 Å². The molecule has 1 atom stereocenters. The average molecular weight is 338 g/mol. The lowest BCUT2D eigenvalue weighted by Gasteiger charge is -2.23. The molecule has 4 heteroatoms. The molecule has 0 bridgehead atoms. The van der Waals surface area contributed by atoms with E-state index in [0.29, 0.717) is 6.42 Å². The number of hydrogen-bond acceptors (Lipinski definition) is 3. The number of carbonyl (C=O) groups excluding carboxylic acids is 1. The Balaban J connectivity index is 1.75. The van der Waals surface area contributed by atoms with E-state index in [1.807, 2.05) is 38.2 Å². The Morgan fingerprint density at radius 2 is 1.92 bits per heavy atom. The molecule has 0 aliphatic carbocycles. The molecule has 0 fully saturated rings. The van der Waals surface area contributed by atoms with Gasteiger partial charge in [0.15, 0.2) is 0 Å². The van der Waals surface area contributed by atoms with Crippen molar-refractivity contribution in [3.05, 3.63) is 64.2 Å². The standard InChI is InChI=1S/C20H22N2OS/c1-13-9-10-16(11-14(13)2)12-19(23)22(4)15(3)20-21-17-7-5-6-8-18(17)24-20/h5-11,15H,12H2,1-4H3/t15-/m0/s1. The lowest BCUT2D eigenvalue weighted by atomic mass is 10.0. The number of aryl methyl sites for hydroxylation is 2. The van der Waals surface area contributed by atoms with Crippen LogP contribution in [-0.4, -0.2) is 22.8 Å². The van der Waals surface area contributed by atoms with Crippen LogP contribution in [0.2, 0.25) is 0 Å². The summed E-state index contributed by atoms with van der Waals surface area (Å²) < 4.78 is 1.16. The molecule has 2 aromatic carbocycles. The number of hydrogen-bond donors (Lipinski definition) is 0. The molecule has 0 radical (unpaired) electrons. The highest BCUT2D eigenvalue weighted by atomic mass is 32.1. The predicted molar refractivity (Wildman–Crippen MR) is 100 cm³/mol. The Hall–Kier alpha value is -2.20. The molecule has 124 valence electrons. The summed E-state index contributed by atoms with van der Waals surface area (Å²) >= 11 is 1.66. The fraction of sp³-hybridized carbons (Fsp3) is 0.300. The molecule has 0 aliphatic heterocycles. The highest BCUT2D eigenvalue weighted by Crippen LogP contribution is 2.29. The Morgan fingerprint density at radius 3 is 2.62 bits per heavy atom. The van der Waals surface area contributed by atoms with Gasteiger partial charge in [-0.15, -0.1) is 11.3 Å². The molecule has 3 rings (SSSR count). The Bertz CT molecular complexity index is 851. The van der Waals surface area contributed by atoms with Gasteiger partial charge in [0.2, 0.25) is 5.91 Å². The van der Waals surface area contributed by atoms with Gasteiger partial charge in [0.25, 0.3) is 0 Å². The van der Waals surface area contributed by atoms with E-state index in [1.165, 1.54) is 11.1 Å². The molecule has 3 aromatic rings. The molecule has 1 aromatic heterocycles. The smallest absolute Gasteiger partial charge is 0.227 e. The number of para-hydroxylation sites is 1. The molecule has 0 aliphatic rings. The summed E-state index contributed by atoms with van der Waals surface area (Å²) in [4.78, 5) is 19.1. The van der Waals surface area contributed by atoms with Gasteiger partial charge in [0, 0.05) is 7.05 Å². The third-order valence-corrected chi connectivity index (χ3v) is 5.78. The number of benzene rings is 2. The van der Waals surface area contributed by atoms with Crippen LogP contribution in [-0.2, 0) is 11.2 Å². The minimum absolute atomic E-state index is 0.0264. The third-order valence-electron chi connectivity index (χ3n) is 4.57. The van der Waals surface area contributed by atoms with Crippen molar-refractivity contribution < 1.29 is 4.79 Å². The topological polar surface area (TPSA) is 33.2 Å². The molecular weight excluding hydrogens is 316 g/mol. The van der Waals surface area contributed by atoms with Crippen molar-refractivity contribution in [2.75, 3.05) is 7.05 Å². The first-order chi connectivity index (χ1) is 11.5. The van der Waals surface area contributed by atoms with E-state index in [0.717, 1.165) is 20.8 Å². The normalized spacial score (nSPS) is 12.3. The van der Waals surface area contributed by atoms with Crippen molar-refractivity contribution in [3.63, 3.8) is 0 Å². The number of aromatic nitrogens is 1. The largest absolute Gasteiger partial charge is 0.336 e. The molecule has 0 saturated carbocycles. The fourth-order valence-electron chi connectivity index (χ4n) is 2.66. The summed E-state index contributed by atoms with van der Waals surface area (Å²) in [5.41, 5.74) is 4.54. The Kier molecular flexibility index (Phi) is 4.67. The second-order valence-electron chi connectivity index (χ2n) is 6.30. The number of thiazole rings is 1. The van der Waals surface area contributed by atoms with Crippen LogP contribution < -0.4 is 0 Å². The second-order valence-corrected chi connectivity index (χ2v) is 7.36. The van der Waals surface area contributed by atoms with Gasteiger partial charge in [-0.3, -0.25) is 4.79 Å².